The molecule has 168 valence electrons. The monoisotopic (exact) mass is 455 g/mol. The van der Waals surface area contributed by atoms with Crippen molar-refractivity contribution in [2.75, 3.05) is 20.8 Å². The Bertz CT molecular complexity index is 1160. The van der Waals surface area contributed by atoms with Crippen LogP contribution in [0.2, 0.25) is 5.02 Å². The van der Waals surface area contributed by atoms with Gasteiger partial charge in [0.15, 0.2) is 0 Å². The molecule has 2 heterocycles. The van der Waals surface area contributed by atoms with Gasteiger partial charge in [-0.15, -0.1) is 0 Å². The topological polar surface area (TPSA) is 83.7 Å². The van der Waals surface area contributed by atoms with Crippen molar-refractivity contribution in [3.05, 3.63) is 64.3 Å². The molecule has 2 N–H and O–H groups in total. The number of likely N-dealkylation sites (tertiary alicyclic amines) is 1. The summed E-state index contributed by atoms with van der Waals surface area (Å²) < 4.78 is 10.3. The van der Waals surface area contributed by atoms with E-state index in [4.69, 9.17) is 21.1 Å². The van der Waals surface area contributed by atoms with Crippen molar-refractivity contribution in [2.45, 2.75) is 32.0 Å². The summed E-state index contributed by atoms with van der Waals surface area (Å²) in [4.78, 5) is 30.7. The number of hydrogen-bond acceptors (Lipinski definition) is 5. The van der Waals surface area contributed by atoms with Gasteiger partial charge in [-0.05, 0) is 54.8 Å². The molecule has 1 fully saturated rings. The molecule has 0 unspecified atom stereocenters. The quantitative estimate of drug-likeness (QED) is 0.554. The van der Waals surface area contributed by atoms with Crippen LogP contribution >= 0.6 is 11.6 Å². The number of methoxy groups -OCH3 is 2. The highest BCUT2D eigenvalue weighted by molar-refractivity contribution is 6.31. The summed E-state index contributed by atoms with van der Waals surface area (Å²) in [5, 5.41) is 4.62. The molecule has 0 radical (unpaired) electrons. The minimum Gasteiger partial charge on any atom is -0.497 e. The lowest BCUT2D eigenvalue weighted by Gasteiger charge is -2.22. The van der Waals surface area contributed by atoms with Gasteiger partial charge in [0.25, 0.3) is 5.91 Å². The smallest absolute Gasteiger partial charge is 0.323 e. The number of aryl methyl sites for hydroxylation is 1. The third kappa shape index (κ3) is 4.45. The minimum absolute atomic E-state index is 0.188. The Morgan fingerprint density at radius 1 is 1.22 bits per heavy atom. The van der Waals surface area contributed by atoms with Gasteiger partial charge in [0, 0.05) is 35.1 Å². The van der Waals surface area contributed by atoms with Crippen molar-refractivity contribution in [1.29, 1.82) is 0 Å². The largest absolute Gasteiger partial charge is 0.497 e. The molecule has 7 nitrogen and oxygen atoms in total. The summed E-state index contributed by atoms with van der Waals surface area (Å²) >= 11 is 6.11. The Morgan fingerprint density at radius 3 is 2.78 bits per heavy atom. The molecule has 1 saturated heterocycles. The van der Waals surface area contributed by atoms with Crippen LogP contribution < -0.4 is 10.1 Å². The number of H-pyrrole nitrogens is 1. The average Bonchev–Trinajstić information content (AvgIpc) is 3.33. The van der Waals surface area contributed by atoms with Crippen molar-refractivity contribution < 1.29 is 19.1 Å². The molecular weight excluding hydrogens is 430 g/mol. The molecule has 1 aromatic heterocycles. The molecule has 4 rings (SSSR count). The molecule has 32 heavy (non-hydrogen) atoms. The lowest BCUT2D eigenvalue weighted by atomic mass is 10.1. The van der Waals surface area contributed by atoms with Gasteiger partial charge in [0.1, 0.15) is 17.5 Å². The van der Waals surface area contributed by atoms with E-state index in [2.05, 4.69) is 10.3 Å². The van der Waals surface area contributed by atoms with Crippen molar-refractivity contribution in [2.24, 2.45) is 0 Å². The third-order valence-electron chi connectivity index (χ3n) is 5.98. The number of benzene rings is 2. The highest BCUT2D eigenvalue weighted by Crippen LogP contribution is 2.27. The summed E-state index contributed by atoms with van der Waals surface area (Å²) in [6.45, 7) is 2.98. The predicted molar refractivity (Wildman–Crippen MR) is 123 cm³/mol. The number of amides is 1. The van der Waals surface area contributed by atoms with Gasteiger partial charge in [-0.25, -0.2) is 0 Å². The maximum atomic E-state index is 13.0. The molecule has 2 aromatic carbocycles. The number of fused-ring (bicyclic) bond motifs is 1. The summed E-state index contributed by atoms with van der Waals surface area (Å²) in [5.41, 5.74) is 3.23. The summed E-state index contributed by atoms with van der Waals surface area (Å²) in [6, 6.07) is 12.6. The van der Waals surface area contributed by atoms with Crippen LogP contribution in [0.25, 0.3) is 10.9 Å². The van der Waals surface area contributed by atoms with E-state index >= 15 is 0 Å². The second-order valence-electron chi connectivity index (χ2n) is 8.04. The molecular formula is C24H26ClN3O4. The van der Waals surface area contributed by atoms with E-state index in [9.17, 15) is 9.59 Å². The number of aromatic nitrogens is 1. The molecule has 0 bridgehead atoms. The molecule has 0 saturated carbocycles. The van der Waals surface area contributed by atoms with Crippen LogP contribution in [0, 0.1) is 6.92 Å². The van der Waals surface area contributed by atoms with E-state index in [1.807, 2.05) is 48.2 Å². The summed E-state index contributed by atoms with van der Waals surface area (Å²) in [5.74, 6) is 0.253. The number of carbonyl (C=O) groups is 2. The standard InChI is InChI=1S/C24H26ClN3O4/c1-14-19-10-16(25)7-8-20(19)27-22(14)23(29)26-17-11-21(24(30)32-3)28(13-17)12-15-5-4-6-18(9-15)31-2/h4-10,17,21,27H,11-13H2,1-3H3,(H,26,29)/t17-,21+/m1/s1. The van der Waals surface area contributed by atoms with Gasteiger partial charge < -0.3 is 19.8 Å². The highest BCUT2D eigenvalue weighted by atomic mass is 35.5. The average molecular weight is 456 g/mol. The fourth-order valence-corrected chi connectivity index (χ4v) is 4.52. The number of aromatic amines is 1. The fraction of sp³-hybridized carbons (Fsp3) is 0.333. The van der Waals surface area contributed by atoms with Crippen LogP contribution in [0.5, 0.6) is 5.75 Å². The number of ether oxygens (including phenoxy) is 2. The van der Waals surface area contributed by atoms with E-state index in [1.165, 1.54) is 7.11 Å². The Hall–Kier alpha value is -3.03. The normalized spacial score (nSPS) is 18.6. The maximum Gasteiger partial charge on any atom is 0.323 e. The van der Waals surface area contributed by atoms with E-state index < -0.39 is 6.04 Å². The van der Waals surface area contributed by atoms with Crippen molar-refractivity contribution in [3.8, 4) is 5.75 Å². The maximum absolute atomic E-state index is 13.0. The number of halogens is 1. The first-order valence-electron chi connectivity index (χ1n) is 10.4. The number of carbonyl (C=O) groups excluding carboxylic acids is 2. The number of hydrogen-bond donors (Lipinski definition) is 2. The van der Waals surface area contributed by atoms with Crippen LogP contribution in [-0.4, -0.2) is 54.6 Å². The third-order valence-corrected chi connectivity index (χ3v) is 6.21. The second kappa shape index (κ2) is 9.22. The Morgan fingerprint density at radius 2 is 2.03 bits per heavy atom. The van der Waals surface area contributed by atoms with Gasteiger partial charge in [-0.1, -0.05) is 23.7 Å². The number of nitrogens with one attached hydrogen (secondary N) is 2. The number of rotatable bonds is 6. The van der Waals surface area contributed by atoms with E-state index in [0.29, 0.717) is 30.2 Å². The van der Waals surface area contributed by atoms with E-state index in [-0.39, 0.29) is 17.9 Å². The number of nitrogens with zero attached hydrogens (tertiary/aromatic N) is 1. The van der Waals surface area contributed by atoms with Gasteiger partial charge in [0.05, 0.1) is 14.2 Å². The molecule has 0 aliphatic carbocycles. The Kier molecular flexibility index (Phi) is 6.39. The molecule has 1 aliphatic rings. The minimum atomic E-state index is -0.431. The molecule has 0 spiro atoms. The van der Waals surface area contributed by atoms with Crippen LogP contribution in [-0.2, 0) is 16.1 Å². The van der Waals surface area contributed by atoms with Crippen molar-refractivity contribution >= 4 is 34.4 Å². The fourth-order valence-electron chi connectivity index (χ4n) is 4.35. The van der Waals surface area contributed by atoms with Crippen LogP contribution in [0.15, 0.2) is 42.5 Å². The highest BCUT2D eigenvalue weighted by Gasteiger charge is 2.38. The van der Waals surface area contributed by atoms with E-state index in [0.717, 1.165) is 27.8 Å². The van der Waals surface area contributed by atoms with Crippen LogP contribution in [0.4, 0.5) is 0 Å². The van der Waals surface area contributed by atoms with Gasteiger partial charge in [-0.2, -0.15) is 0 Å². The lowest BCUT2D eigenvalue weighted by Crippen LogP contribution is -2.38. The SMILES string of the molecule is COC(=O)[C@@H]1C[C@@H](NC(=O)c2[nH]c3ccc(Cl)cc3c2C)CN1Cc1cccc(OC)c1. The Balaban J connectivity index is 1.51. The number of esters is 1. The van der Waals surface area contributed by atoms with Crippen molar-refractivity contribution in [3.63, 3.8) is 0 Å². The first-order chi connectivity index (χ1) is 15.4. The summed E-state index contributed by atoms with van der Waals surface area (Å²) in [6.07, 6.45) is 0.480. The predicted octanol–water partition coefficient (Wildman–Crippen LogP) is 3.68. The molecule has 2 atom stereocenters. The first kappa shape index (κ1) is 22.2. The van der Waals surface area contributed by atoms with Gasteiger partial charge >= 0.3 is 5.97 Å². The molecule has 3 aromatic rings. The summed E-state index contributed by atoms with van der Waals surface area (Å²) in [7, 11) is 3.01. The second-order valence-corrected chi connectivity index (χ2v) is 8.48. The lowest BCUT2D eigenvalue weighted by molar-refractivity contribution is -0.146. The zero-order chi connectivity index (χ0) is 22.8. The molecule has 1 aliphatic heterocycles. The first-order valence-corrected chi connectivity index (χ1v) is 10.8. The Labute approximate surface area is 191 Å². The van der Waals surface area contributed by atoms with Gasteiger partial charge in [-0.3, -0.25) is 14.5 Å². The zero-order valence-electron chi connectivity index (χ0n) is 18.3. The van der Waals surface area contributed by atoms with E-state index in [1.54, 1.807) is 13.2 Å². The van der Waals surface area contributed by atoms with Crippen LogP contribution in [0.1, 0.15) is 28.0 Å². The molecule has 1 amide bonds. The zero-order valence-corrected chi connectivity index (χ0v) is 19.0. The van der Waals surface area contributed by atoms with Crippen LogP contribution in [0.3, 0.4) is 0 Å². The molecule has 8 heteroatoms. The van der Waals surface area contributed by atoms with Gasteiger partial charge in [0.2, 0.25) is 0 Å². The van der Waals surface area contributed by atoms with Crippen molar-refractivity contribution in [1.82, 2.24) is 15.2 Å².